The second-order valence-electron chi connectivity index (χ2n) is 5.62. The van der Waals surface area contributed by atoms with Crippen LogP contribution in [0.3, 0.4) is 0 Å². The number of hydrogen-bond acceptors (Lipinski definition) is 5. The predicted octanol–water partition coefficient (Wildman–Crippen LogP) is 2.77. The summed E-state index contributed by atoms with van der Waals surface area (Å²) in [4.78, 5) is 35.1. The van der Waals surface area contributed by atoms with Crippen molar-refractivity contribution in [1.29, 1.82) is 0 Å². The van der Waals surface area contributed by atoms with Gasteiger partial charge in [0.2, 0.25) is 5.76 Å². The van der Waals surface area contributed by atoms with E-state index in [4.69, 9.17) is 26.5 Å². The number of fused-ring (bicyclic) bond motifs is 1. The second-order valence-corrected chi connectivity index (χ2v) is 6.06. The normalized spacial score (nSPS) is 12.2. The molecule has 0 radical (unpaired) electrons. The topological polar surface area (TPSA) is 112 Å². The molecular weight excluding hydrogens is 336 g/mol. The van der Waals surface area contributed by atoms with Crippen LogP contribution in [0.2, 0.25) is 5.02 Å². The number of benzene rings is 1. The molecule has 0 spiro atoms. The van der Waals surface area contributed by atoms with Gasteiger partial charge in [0.05, 0.1) is 0 Å². The molecule has 128 valence electrons. The average Bonchev–Trinajstić information content (AvgIpc) is 2.80. The zero-order chi connectivity index (χ0) is 18.0. The fourth-order valence-corrected chi connectivity index (χ4v) is 2.41. The van der Waals surface area contributed by atoms with Crippen LogP contribution in [0, 0.1) is 12.8 Å². The summed E-state index contributed by atoms with van der Waals surface area (Å²) < 4.78 is 10.7. The summed E-state index contributed by atoms with van der Waals surface area (Å²) in [5.41, 5.74) is 5.95. The molecule has 7 nitrogen and oxygen atoms in total. The molecule has 1 aromatic carbocycles. The number of amides is 3. The van der Waals surface area contributed by atoms with Crippen LogP contribution < -0.4 is 11.1 Å². The van der Waals surface area contributed by atoms with Crippen molar-refractivity contribution in [2.24, 2.45) is 11.7 Å². The molecule has 1 aromatic heterocycles. The van der Waals surface area contributed by atoms with Crippen molar-refractivity contribution in [3.63, 3.8) is 0 Å². The first-order chi connectivity index (χ1) is 11.2. The van der Waals surface area contributed by atoms with E-state index in [1.54, 1.807) is 39.0 Å². The third-order valence-electron chi connectivity index (χ3n) is 3.43. The van der Waals surface area contributed by atoms with Gasteiger partial charge in [0, 0.05) is 16.0 Å². The summed E-state index contributed by atoms with van der Waals surface area (Å²) in [6, 6.07) is 3.93. The van der Waals surface area contributed by atoms with E-state index in [9.17, 15) is 14.4 Å². The Morgan fingerprint density at radius 3 is 2.54 bits per heavy atom. The van der Waals surface area contributed by atoms with Gasteiger partial charge in [0.1, 0.15) is 5.58 Å². The highest BCUT2D eigenvalue weighted by atomic mass is 35.5. The molecule has 0 aliphatic carbocycles. The molecule has 2 rings (SSSR count). The molecule has 0 aliphatic rings. The number of halogens is 1. The number of carbonyl (C=O) groups excluding carboxylic acids is 3. The van der Waals surface area contributed by atoms with Gasteiger partial charge in [-0.05, 0) is 31.0 Å². The SMILES string of the molecule is Cc1c(C(=O)O[C@@H](C(=O)NC(N)=O)C(C)C)oc2ccc(Cl)cc12. The van der Waals surface area contributed by atoms with Crippen molar-refractivity contribution in [3.05, 3.63) is 34.5 Å². The van der Waals surface area contributed by atoms with Gasteiger partial charge in [0.15, 0.2) is 6.10 Å². The Labute approximate surface area is 143 Å². The standard InChI is InChI=1S/C16H17ClN2O5/c1-7(2)12(14(20)19-16(18)22)24-15(21)13-8(3)10-6-9(17)4-5-11(10)23-13/h4-7,12H,1-3H3,(H3,18,19,20,22)/t12-/m1/s1. The molecule has 2 aromatic rings. The number of rotatable bonds is 4. The van der Waals surface area contributed by atoms with Gasteiger partial charge < -0.3 is 14.9 Å². The van der Waals surface area contributed by atoms with E-state index in [1.165, 1.54) is 0 Å². The number of hydrogen-bond donors (Lipinski definition) is 2. The quantitative estimate of drug-likeness (QED) is 0.822. The highest BCUT2D eigenvalue weighted by Gasteiger charge is 2.30. The van der Waals surface area contributed by atoms with E-state index >= 15 is 0 Å². The number of nitrogens with two attached hydrogens (primary N) is 1. The number of esters is 1. The van der Waals surface area contributed by atoms with Gasteiger partial charge in [-0.1, -0.05) is 25.4 Å². The van der Waals surface area contributed by atoms with Crippen LogP contribution in [0.25, 0.3) is 11.0 Å². The van der Waals surface area contributed by atoms with E-state index in [1.807, 2.05) is 5.32 Å². The molecule has 0 aliphatic heterocycles. The van der Waals surface area contributed by atoms with Crippen molar-refractivity contribution in [1.82, 2.24) is 5.32 Å². The van der Waals surface area contributed by atoms with Crippen LogP contribution in [0.4, 0.5) is 4.79 Å². The lowest BCUT2D eigenvalue weighted by molar-refractivity contribution is -0.131. The largest absolute Gasteiger partial charge is 0.449 e. The Bertz CT molecular complexity index is 812. The zero-order valence-corrected chi connectivity index (χ0v) is 14.1. The van der Waals surface area contributed by atoms with Crippen LogP contribution in [-0.2, 0) is 9.53 Å². The first-order valence-corrected chi connectivity index (χ1v) is 7.58. The van der Waals surface area contributed by atoms with Crippen LogP contribution in [0.1, 0.15) is 30.0 Å². The van der Waals surface area contributed by atoms with E-state index in [0.717, 1.165) is 0 Å². The van der Waals surface area contributed by atoms with Gasteiger partial charge >= 0.3 is 12.0 Å². The first kappa shape index (κ1) is 17.8. The maximum absolute atomic E-state index is 12.4. The molecular formula is C16H17ClN2O5. The maximum atomic E-state index is 12.4. The maximum Gasteiger partial charge on any atom is 0.375 e. The van der Waals surface area contributed by atoms with Crippen molar-refractivity contribution < 1.29 is 23.5 Å². The van der Waals surface area contributed by atoms with E-state index < -0.39 is 24.0 Å². The van der Waals surface area contributed by atoms with Crippen LogP contribution in [-0.4, -0.2) is 24.0 Å². The number of aryl methyl sites for hydroxylation is 1. The van der Waals surface area contributed by atoms with E-state index in [0.29, 0.717) is 21.6 Å². The van der Waals surface area contributed by atoms with Gasteiger partial charge in [-0.25, -0.2) is 9.59 Å². The van der Waals surface area contributed by atoms with Gasteiger partial charge in [-0.2, -0.15) is 0 Å². The van der Waals surface area contributed by atoms with Gasteiger partial charge in [0.25, 0.3) is 5.91 Å². The number of nitrogens with one attached hydrogen (secondary N) is 1. The molecule has 0 bridgehead atoms. The lowest BCUT2D eigenvalue weighted by atomic mass is 10.1. The number of primary amides is 1. The third-order valence-corrected chi connectivity index (χ3v) is 3.66. The van der Waals surface area contributed by atoms with Crippen LogP contribution in [0.15, 0.2) is 22.6 Å². The summed E-state index contributed by atoms with van der Waals surface area (Å²) >= 11 is 5.94. The molecule has 3 amide bonds. The molecule has 3 N–H and O–H groups in total. The van der Waals surface area contributed by atoms with Gasteiger partial charge in [-0.3, -0.25) is 10.1 Å². The summed E-state index contributed by atoms with van der Waals surface area (Å²) in [5.74, 6) is -1.99. The number of carbonyl (C=O) groups is 3. The molecule has 0 fully saturated rings. The molecule has 0 unspecified atom stereocenters. The highest BCUT2D eigenvalue weighted by molar-refractivity contribution is 6.31. The van der Waals surface area contributed by atoms with Crippen LogP contribution in [0.5, 0.6) is 0 Å². The van der Waals surface area contributed by atoms with Crippen molar-refractivity contribution >= 4 is 40.5 Å². The summed E-state index contributed by atoms with van der Waals surface area (Å²) in [6.45, 7) is 5.03. The second kappa shape index (κ2) is 6.92. The fraction of sp³-hybridized carbons (Fsp3) is 0.312. The molecule has 0 saturated heterocycles. The zero-order valence-electron chi connectivity index (χ0n) is 13.4. The highest BCUT2D eigenvalue weighted by Crippen LogP contribution is 2.28. The Hall–Kier alpha value is -2.54. The fourth-order valence-electron chi connectivity index (χ4n) is 2.24. The lowest BCUT2D eigenvalue weighted by Gasteiger charge is -2.19. The molecule has 24 heavy (non-hydrogen) atoms. The minimum absolute atomic E-state index is 0.0233. The number of urea groups is 1. The van der Waals surface area contributed by atoms with E-state index in [2.05, 4.69) is 0 Å². The third kappa shape index (κ3) is 3.68. The van der Waals surface area contributed by atoms with Crippen molar-refractivity contribution in [2.75, 3.05) is 0 Å². The first-order valence-electron chi connectivity index (χ1n) is 7.20. The smallest absolute Gasteiger partial charge is 0.375 e. The number of imide groups is 1. The monoisotopic (exact) mass is 352 g/mol. The minimum Gasteiger partial charge on any atom is -0.449 e. The average molecular weight is 353 g/mol. The Kier molecular flexibility index (Phi) is 5.14. The Morgan fingerprint density at radius 2 is 1.96 bits per heavy atom. The number of ether oxygens (including phenoxy) is 1. The minimum atomic E-state index is -1.18. The van der Waals surface area contributed by atoms with Crippen molar-refractivity contribution in [3.8, 4) is 0 Å². The van der Waals surface area contributed by atoms with E-state index in [-0.39, 0.29) is 11.7 Å². The lowest BCUT2D eigenvalue weighted by Crippen LogP contribution is -2.45. The summed E-state index contributed by atoms with van der Waals surface area (Å²) in [7, 11) is 0. The molecule has 0 saturated carbocycles. The van der Waals surface area contributed by atoms with Crippen molar-refractivity contribution in [2.45, 2.75) is 26.9 Å². The Morgan fingerprint density at radius 1 is 1.29 bits per heavy atom. The molecule has 1 atom stereocenters. The molecule has 8 heteroatoms. The predicted molar refractivity (Wildman–Crippen MR) is 87.7 cm³/mol. The Balaban J connectivity index is 2.29. The molecule has 1 heterocycles. The summed E-state index contributed by atoms with van der Waals surface area (Å²) in [6.07, 6.45) is -1.18. The van der Waals surface area contributed by atoms with Gasteiger partial charge in [-0.15, -0.1) is 0 Å². The van der Waals surface area contributed by atoms with Crippen LogP contribution >= 0.6 is 11.6 Å². The number of furan rings is 1. The summed E-state index contributed by atoms with van der Waals surface area (Å²) in [5, 5.41) is 3.09.